The van der Waals surface area contributed by atoms with Crippen molar-refractivity contribution in [2.45, 2.75) is 26.7 Å². The highest BCUT2D eigenvalue weighted by Crippen LogP contribution is 2.27. The fraction of sp³-hybridized carbons (Fsp3) is 0.778. The van der Waals surface area contributed by atoms with Gasteiger partial charge in [0.2, 0.25) is 16.0 Å². The zero-order valence-electron chi connectivity index (χ0n) is 16.8. The Morgan fingerprint density at radius 2 is 1.74 bits per heavy atom. The molecule has 0 aliphatic carbocycles. The molecule has 1 fully saturated rings. The van der Waals surface area contributed by atoms with Crippen molar-refractivity contribution in [2.75, 3.05) is 69.0 Å². The van der Waals surface area contributed by atoms with Gasteiger partial charge in [-0.2, -0.15) is 4.98 Å². The maximum Gasteiger partial charge on any atom is 0.227 e. The highest BCUT2D eigenvalue weighted by Gasteiger charge is 2.29. The van der Waals surface area contributed by atoms with Gasteiger partial charge in [-0.3, -0.25) is 0 Å². The van der Waals surface area contributed by atoms with Crippen molar-refractivity contribution in [1.29, 1.82) is 0 Å². The molecule has 3 heterocycles. The normalized spacial score (nSPS) is 19.1. The van der Waals surface area contributed by atoms with Crippen LogP contribution in [-0.4, -0.2) is 81.9 Å². The molecule has 0 spiro atoms. The molecule has 9 heteroatoms. The number of hydrogen-bond acceptors (Lipinski definition) is 7. The Bertz CT molecular complexity index is 761. The van der Waals surface area contributed by atoms with E-state index in [9.17, 15) is 8.42 Å². The zero-order chi connectivity index (χ0) is 19.6. The van der Waals surface area contributed by atoms with Gasteiger partial charge in [0, 0.05) is 52.3 Å². The first-order valence-electron chi connectivity index (χ1n) is 9.65. The van der Waals surface area contributed by atoms with E-state index in [4.69, 9.17) is 14.7 Å². The van der Waals surface area contributed by atoms with Gasteiger partial charge in [-0.1, -0.05) is 13.8 Å². The van der Waals surface area contributed by atoms with Crippen LogP contribution >= 0.6 is 0 Å². The summed E-state index contributed by atoms with van der Waals surface area (Å²) in [6.45, 7) is 7.76. The van der Waals surface area contributed by atoms with Crippen LogP contribution in [0.5, 0.6) is 0 Å². The van der Waals surface area contributed by atoms with E-state index in [-0.39, 0.29) is 11.7 Å². The van der Waals surface area contributed by atoms with Crippen LogP contribution < -0.4 is 9.80 Å². The van der Waals surface area contributed by atoms with E-state index < -0.39 is 10.0 Å². The number of fused-ring (bicyclic) bond motifs is 1. The predicted octanol–water partition coefficient (Wildman–Crippen LogP) is 0.766. The fourth-order valence-corrected chi connectivity index (χ4v) is 5.42. The van der Waals surface area contributed by atoms with E-state index in [2.05, 4.69) is 4.90 Å². The molecular formula is C18H31N5O3S. The number of rotatable bonds is 5. The lowest BCUT2D eigenvalue weighted by molar-refractivity contribution is 0.122. The first-order chi connectivity index (χ1) is 12.8. The van der Waals surface area contributed by atoms with Gasteiger partial charge in [0.25, 0.3) is 0 Å². The number of aromatic nitrogens is 2. The number of ether oxygens (including phenoxy) is 1. The summed E-state index contributed by atoms with van der Waals surface area (Å²) in [5.74, 6) is 1.92. The van der Waals surface area contributed by atoms with E-state index in [1.165, 1.54) is 0 Å². The first kappa shape index (κ1) is 20.3. The third kappa shape index (κ3) is 4.70. The van der Waals surface area contributed by atoms with Crippen LogP contribution in [-0.2, 0) is 27.6 Å². The molecule has 0 bridgehead atoms. The van der Waals surface area contributed by atoms with Crippen molar-refractivity contribution in [3.05, 3.63) is 11.3 Å². The second-order valence-corrected chi connectivity index (χ2v) is 9.85. The van der Waals surface area contributed by atoms with Crippen molar-refractivity contribution in [3.8, 4) is 0 Å². The van der Waals surface area contributed by atoms with Crippen LogP contribution in [0.15, 0.2) is 0 Å². The van der Waals surface area contributed by atoms with Crippen LogP contribution in [0.2, 0.25) is 0 Å². The maximum atomic E-state index is 12.7. The lowest BCUT2D eigenvalue weighted by Gasteiger charge is -2.28. The molecule has 1 saturated heterocycles. The number of morpholine rings is 1. The fourth-order valence-electron chi connectivity index (χ4n) is 3.63. The molecule has 27 heavy (non-hydrogen) atoms. The molecule has 0 saturated carbocycles. The van der Waals surface area contributed by atoms with Gasteiger partial charge < -0.3 is 14.5 Å². The van der Waals surface area contributed by atoms with Gasteiger partial charge in [0.15, 0.2) is 0 Å². The summed E-state index contributed by atoms with van der Waals surface area (Å²) in [5, 5.41) is 0. The van der Waals surface area contributed by atoms with Crippen LogP contribution in [0, 0.1) is 5.92 Å². The highest BCUT2D eigenvalue weighted by atomic mass is 32.2. The van der Waals surface area contributed by atoms with E-state index in [0.29, 0.717) is 39.1 Å². The Morgan fingerprint density at radius 1 is 1.07 bits per heavy atom. The van der Waals surface area contributed by atoms with Crippen molar-refractivity contribution in [2.24, 2.45) is 5.92 Å². The minimum atomic E-state index is -3.24. The lowest BCUT2D eigenvalue weighted by atomic mass is 10.1. The molecule has 2 aliphatic heterocycles. The molecule has 0 amide bonds. The van der Waals surface area contributed by atoms with Gasteiger partial charge in [-0.05, 0) is 12.3 Å². The quantitative estimate of drug-likeness (QED) is 0.726. The molecule has 0 atom stereocenters. The average molecular weight is 398 g/mol. The van der Waals surface area contributed by atoms with Crippen LogP contribution in [0.4, 0.5) is 11.8 Å². The molecular weight excluding hydrogens is 366 g/mol. The summed E-state index contributed by atoms with van der Waals surface area (Å²) in [6.07, 6.45) is 1.26. The lowest BCUT2D eigenvalue weighted by Crippen LogP contribution is -2.38. The second-order valence-electron chi connectivity index (χ2n) is 7.84. The summed E-state index contributed by atoms with van der Waals surface area (Å²) < 4.78 is 32.4. The maximum absolute atomic E-state index is 12.7. The molecule has 0 N–H and O–H groups in total. The molecule has 0 aromatic carbocycles. The molecule has 0 radical (unpaired) electrons. The van der Waals surface area contributed by atoms with Gasteiger partial charge in [-0.25, -0.2) is 17.7 Å². The number of nitrogens with zero attached hydrogens (tertiary/aromatic N) is 5. The smallest absolute Gasteiger partial charge is 0.227 e. The Morgan fingerprint density at radius 3 is 2.37 bits per heavy atom. The highest BCUT2D eigenvalue weighted by molar-refractivity contribution is 7.89. The summed E-state index contributed by atoms with van der Waals surface area (Å²) in [5.41, 5.74) is 2.04. The number of sulfonamides is 1. The summed E-state index contributed by atoms with van der Waals surface area (Å²) in [7, 11) is 0.709. The molecule has 1 aromatic rings. The standard InChI is InChI=1S/C18H31N5O3S/c1-14(2)13-27(24,25)23-7-5-15-16(6-8-23)19-18(20-17(15)21(3)4)22-9-11-26-12-10-22/h14H,5-13H2,1-4H3. The monoisotopic (exact) mass is 397 g/mol. The SMILES string of the molecule is CC(C)CS(=O)(=O)N1CCc2nc(N3CCOCC3)nc(N(C)C)c2CC1. The van der Waals surface area contributed by atoms with Gasteiger partial charge in [0.1, 0.15) is 5.82 Å². The Kier molecular flexibility index (Phi) is 6.22. The summed E-state index contributed by atoms with van der Waals surface area (Å²) in [6, 6.07) is 0. The first-order valence-corrected chi connectivity index (χ1v) is 11.3. The molecule has 0 unspecified atom stereocenters. The second kappa shape index (κ2) is 8.28. The van der Waals surface area contributed by atoms with E-state index in [0.717, 1.165) is 36.1 Å². The van der Waals surface area contributed by atoms with Crippen LogP contribution in [0.1, 0.15) is 25.1 Å². The largest absolute Gasteiger partial charge is 0.378 e. The van der Waals surface area contributed by atoms with Crippen LogP contribution in [0.3, 0.4) is 0 Å². The van der Waals surface area contributed by atoms with Crippen molar-refractivity contribution in [1.82, 2.24) is 14.3 Å². The molecule has 2 aliphatic rings. The molecule has 8 nitrogen and oxygen atoms in total. The Balaban J connectivity index is 1.89. The number of anilines is 2. The molecule has 1 aromatic heterocycles. The molecule has 152 valence electrons. The topological polar surface area (TPSA) is 78.9 Å². The van der Waals surface area contributed by atoms with Crippen molar-refractivity contribution in [3.63, 3.8) is 0 Å². The van der Waals surface area contributed by atoms with E-state index >= 15 is 0 Å². The van der Waals surface area contributed by atoms with E-state index in [1.54, 1.807) is 4.31 Å². The summed E-state index contributed by atoms with van der Waals surface area (Å²) >= 11 is 0. The third-order valence-electron chi connectivity index (χ3n) is 4.92. The minimum absolute atomic E-state index is 0.116. The minimum Gasteiger partial charge on any atom is -0.378 e. The van der Waals surface area contributed by atoms with Gasteiger partial charge in [-0.15, -0.1) is 0 Å². The Labute approximate surface area is 162 Å². The van der Waals surface area contributed by atoms with Gasteiger partial charge >= 0.3 is 0 Å². The van der Waals surface area contributed by atoms with Crippen molar-refractivity contribution >= 4 is 21.8 Å². The summed E-state index contributed by atoms with van der Waals surface area (Å²) in [4.78, 5) is 13.8. The van der Waals surface area contributed by atoms with Crippen molar-refractivity contribution < 1.29 is 13.2 Å². The predicted molar refractivity (Wildman–Crippen MR) is 107 cm³/mol. The molecule has 3 rings (SSSR count). The Hall–Kier alpha value is -1.45. The van der Waals surface area contributed by atoms with Gasteiger partial charge in [0.05, 0.1) is 24.7 Å². The van der Waals surface area contributed by atoms with E-state index in [1.807, 2.05) is 32.8 Å². The zero-order valence-corrected chi connectivity index (χ0v) is 17.6. The third-order valence-corrected chi connectivity index (χ3v) is 7.16. The number of hydrogen-bond donors (Lipinski definition) is 0. The average Bonchev–Trinajstić information content (AvgIpc) is 2.83. The van der Waals surface area contributed by atoms with Crippen LogP contribution in [0.25, 0.3) is 0 Å².